The third kappa shape index (κ3) is 4.90. The number of hydrogen-bond donors (Lipinski definition) is 1. The molecule has 0 spiro atoms. The summed E-state index contributed by atoms with van der Waals surface area (Å²) in [6.45, 7) is 6.56. The fraction of sp³-hybridized carbons (Fsp3) is 0.478. The van der Waals surface area contributed by atoms with Gasteiger partial charge in [-0.3, -0.25) is 9.69 Å². The summed E-state index contributed by atoms with van der Waals surface area (Å²) < 4.78 is 0. The topological polar surface area (TPSA) is 42.1 Å². The van der Waals surface area contributed by atoms with Crippen LogP contribution < -0.4 is 14.8 Å². The average Bonchev–Trinajstić information content (AvgIpc) is 2.76. The number of piperazine rings is 1. The second-order valence-electron chi connectivity index (χ2n) is 8.18. The van der Waals surface area contributed by atoms with E-state index in [1.54, 1.807) is 0 Å². The molecular formula is C23H32N4O+2. The lowest BCUT2D eigenvalue weighted by molar-refractivity contribution is -0.892. The van der Waals surface area contributed by atoms with Crippen LogP contribution in [0, 0.1) is 5.92 Å². The highest BCUT2D eigenvalue weighted by molar-refractivity contribution is 5.77. The number of pyridine rings is 1. The van der Waals surface area contributed by atoms with Crippen LogP contribution in [0.4, 0.5) is 5.82 Å². The number of anilines is 1. The Bertz CT molecular complexity index is 736. The number of nitrogens with one attached hydrogen (secondary N) is 2. The minimum atomic E-state index is 0.341. The van der Waals surface area contributed by atoms with Gasteiger partial charge in [-0.1, -0.05) is 36.4 Å². The SMILES string of the molecule is O=C(C[NH+]1CCN(c2cccc[nH+]2)CC1)N1CCC(Cc2ccccc2)CC1. The molecule has 0 atom stereocenters. The fourth-order valence-corrected chi connectivity index (χ4v) is 4.48. The largest absolute Gasteiger partial charge is 0.338 e. The Morgan fingerprint density at radius 1 is 0.964 bits per heavy atom. The average molecular weight is 381 g/mol. The van der Waals surface area contributed by atoms with E-state index in [4.69, 9.17) is 0 Å². The highest BCUT2D eigenvalue weighted by Gasteiger charge is 2.30. The smallest absolute Gasteiger partial charge is 0.277 e. The molecule has 0 saturated carbocycles. The quantitative estimate of drug-likeness (QED) is 0.829. The summed E-state index contributed by atoms with van der Waals surface area (Å²) in [5.41, 5.74) is 1.42. The number of aromatic amines is 1. The van der Waals surface area contributed by atoms with Gasteiger partial charge >= 0.3 is 0 Å². The molecule has 3 heterocycles. The van der Waals surface area contributed by atoms with E-state index in [1.807, 2.05) is 12.3 Å². The molecule has 2 aliphatic heterocycles. The predicted octanol–water partition coefficient (Wildman–Crippen LogP) is 0.687. The van der Waals surface area contributed by atoms with Gasteiger partial charge in [0.05, 0.1) is 6.20 Å². The number of carbonyl (C=O) groups excluding carboxylic acids is 1. The highest BCUT2D eigenvalue weighted by Crippen LogP contribution is 2.21. The summed E-state index contributed by atoms with van der Waals surface area (Å²) in [4.78, 5) is 22.0. The van der Waals surface area contributed by atoms with Crippen molar-refractivity contribution in [2.75, 3.05) is 50.7 Å². The Balaban J connectivity index is 1.19. The number of likely N-dealkylation sites (tertiary alicyclic amines) is 1. The molecule has 0 unspecified atom stereocenters. The molecule has 2 fully saturated rings. The maximum absolute atomic E-state index is 12.8. The van der Waals surface area contributed by atoms with Crippen LogP contribution in [0.2, 0.25) is 0 Å². The Hall–Kier alpha value is -2.40. The third-order valence-corrected chi connectivity index (χ3v) is 6.24. The van der Waals surface area contributed by atoms with Crippen LogP contribution in [0.5, 0.6) is 0 Å². The number of amides is 1. The molecular weight excluding hydrogens is 348 g/mol. The van der Waals surface area contributed by atoms with Crippen molar-refractivity contribution in [2.45, 2.75) is 19.3 Å². The minimum Gasteiger partial charge on any atom is -0.338 e. The highest BCUT2D eigenvalue weighted by atomic mass is 16.2. The molecule has 0 aliphatic carbocycles. The van der Waals surface area contributed by atoms with Crippen LogP contribution in [0.25, 0.3) is 0 Å². The molecule has 1 aromatic carbocycles. The van der Waals surface area contributed by atoms with Crippen molar-refractivity contribution >= 4 is 11.7 Å². The molecule has 28 heavy (non-hydrogen) atoms. The van der Waals surface area contributed by atoms with E-state index in [0.29, 0.717) is 18.4 Å². The van der Waals surface area contributed by atoms with Crippen LogP contribution in [0.1, 0.15) is 18.4 Å². The number of nitrogens with zero attached hydrogens (tertiary/aromatic N) is 2. The molecule has 2 N–H and O–H groups in total. The summed E-state index contributed by atoms with van der Waals surface area (Å²) in [6, 6.07) is 16.9. The maximum Gasteiger partial charge on any atom is 0.277 e. The van der Waals surface area contributed by atoms with Crippen molar-refractivity contribution < 1.29 is 14.7 Å². The predicted molar refractivity (Wildman–Crippen MR) is 110 cm³/mol. The van der Waals surface area contributed by atoms with Crippen LogP contribution in [0.3, 0.4) is 0 Å². The van der Waals surface area contributed by atoms with Crippen molar-refractivity contribution in [3.8, 4) is 0 Å². The number of aromatic nitrogens is 1. The Labute approximate surface area is 168 Å². The number of carbonyl (C=O) groups is 1. The molecule has 2 aliphatic rings. The van der Waals surface area contributed by atoms with E-state index in [0.717, 1.165) is 58.5 Å². The van der Waals surface area contributed by atoms with Crippen molar-refractivity contribution in [3.05, 3.63) is 60.3 Å². The molecule has 1 aromatic heterocycles. The van der Waals surface area contributed by atoms with Gasteiger partial charge in [0.15, 0.2) is 6.54 Å². The fourth-order valence-electron chi connectivity index (χ4n) is 4.48. The van der Waals surface area contributed by atoms with Gasteiger partial charge in [-0.2, -0.15) is 0 Å². The normalized spacial score (nSPS) is 19.0. The minimum absolute atomic E-state index is 0.341. The molecule has 1 amide bonds. The van der Waals surface area contributed by atoms with E-state index in [1.165, 1.54) is 16.3 Å². The Kier molecular flexibility index (Phi) is 6.22. The van der Waals surface area contributed by atoms with Crippen LogP contribution in [-0.4, -0.2) is 56.6 Å². The van der Waals surface area contributed by atoms with E-state index >= 15 is 0 Å². The number of quaternary nitrogens is 1. The van der Waals surface area contributed by atoms with Gasteiger partial charge in [-0.05, 0) is 36.8 Å². The van der Waals surface area contributed by atoms with Gasteiger partial charge in [-0.15, -0.1) is 0 Å². The van der Waals surface area contributed by atoms with Crippen molar-refractivity contribution in [2.24, 2.45) is 5.92 Å². The number of rotatable bonds is 5. The molecule has 5 nitrogen and oxygen atoms in total. The first-order chi connectivity index (χ1) is 13.8. The maximum atomic E-state index is 12.8. The second-order valence-corrected chi connectivity index (χ2v) is 8.18. The molecule has 148 valence electrons. The van der Waals surface area contributed by atoms with E-state index in [9.17, 15) is 4.79 Å². The van der Waals surface area contributed by atoms with Crippen LogP contribution in [0.15, 0.2) is 54.7 Å². The molecule has 0 radical (unpaired) electrons. The Morgan fingerprint density at radius 2 is 1.68 bits per heavy atom. The number of benzene rings is 1. The summed E-state index contributed by atoms with van der Waals surface area (Å²) >= 11 is 0. The first-order valence-electron chi connectivity index (χ1n) is 10.6. The first-order valence-corrected chi connectivity index (χ1v) is 10.6. The number of H-pyrrole nitrogens is 1. The van der Waals surface area contributed by atoms with Gasteiger partial charge in [0, 0.05) is 19.2 Å². The lowest BCUT2D eigenvalue weighted by Gasteiger charge is -2.34. The van der Waals surface area contributed by atoms with Gasteiger partial charge < -0.3 is 9.80 Å². The molecule has 5 heteroatoms. The van der Waals surface area contributed by atoms with Crippen molar-refractivity contribution in [3.63, 3.8) is 0 Å². The first kappa shape index (κ1) is 18.9. The molecule has 4 rings (SSSR count). The summed E-state index contributed by atoms with van der Waals surface area (Å²) in [6.07, 6.45) is 5.38. The number of piperidine rings is 1. The number of hydrogen-bond acceptors (Lipinski definition) is 2. The van der Waals surface area contributed by atoms with Crippen LogP contribution in [-0.2, 0) is 11.2 Å². The van der Waals surface area contributed by atoms with Crippen LogP contribution >= 0.6 is 0 Å². The van der Waals surface area contributed by atoms with Gasteiger partial charge in [0.25, 0.3) is 11.7 Å². The van der Waals surface area contributed by atoms with E-state index in [-0.39, 0.29) is 0 Å². The summed E-state index contributed by atoms with van der Waals surface area (Å²) in [5, 5.41) is 0. The summed E-state index contributed by atoms with van der Waals surface area (Å²) in [7, 11) is 0. The molecule has 2 saturated heterocycles. The monoisotopic (exact) mass is 380 g/mol. The molecule has 2 aromatic rings. The van der Waals surface area contributed by atoms with Crippen molar-refractivity contribution in [1.82, 2.24) is 4.90 Å². The lowest BCUT2D eigenvalue weighted by atomic mass is 9.90. The van der Waals surface area contributed by atoms with E-state index < -0.39 is 0 Å². The zero-order chi connectivity index (χ0) is 19.2. The van der Waals surface area contributed by atoms with E-state index in [2.05, 4.69) is 57.2 Å². The molecule has 0 bridgehead atoms. The lowest BCUT2D eigenvalue weighted by Crippen LogP contribution is -3.16. The van der Waals surface area contributed by atoms with Gasteiger partial charge in [-0.25, -0.2) is 4.98 Å². The Morgan fingerprint density at radius 3 is 2.36 bits per heavy atom. The third-order valence-electron chi connectivity index (χ3n) is 6.24. The van der Waals surface area contributed by atoms with Gasteiger partial charge in [0.2, 0.25) is 0 Å². The van der Waals surface area contributed by atoms with Crippen molar-refractivity contribution in [1.29, 1.82) is 0 Å². The zero-order valence-electron chi connectivity index (χ0n) is 16.6. The summed E-state index contributed by atoms with van der Waals surface area (Å²) in [5.74, 6) is 2.23. The standard InChI is InChI=1S/C23H30N4O/c28-23(19-25-14-16-26(17-15-25)22-8-4-5-11-24-22)27-12-9-21(10-13-27)18-20-6-2-1-3-7-20/h1-8,11,21H,9-10,12-19H2/p+2. The second kappa shape index (κ2) is 9.20. The zero-order valence-corrected chi connectivity index (χ0v) is 16.6. The van der Waals surface area contributed by atoms with Gasteiger partial charge in [0.1, 0.15) is 26.2 Å².